The number of aliphatic hydroxyl groups is 1. The summed E-state index contributed by atoms with van der Waals surface area (Å²) in [7, 11) is 0. The van der Waals surface area contributed by atoms with Gasteiger partial charge in [-0.25, -0.2) is 0 Å². The number of aromatic nitrogens is 1. The normalized spacial score (nSPS) is 18.1. The Kier molecular flexibility index (Phi) is 7.41. The van der Waals surface area contributed by atoms with Gasteiger partial charge in [0.15, 0.2) is 0 Å². The zero-order valence-electron chi connectivity index (χ0n) is 18.1. The SMILES string of the molecule is CCOc1ccc(/C(O)=C2/C(=O)C(=O)N(CCCOC(C)C)C2c2cccnc2)cc1. The fourth-order valence-corrected chi connectivity index (χ4v) is 3.58. The Morgan fingerprint density at radius 1 is 1.19 bits per heavy atom. The maximum atomic E-state index is 12.9. The van der Waals surface area contributed by atoms with E-state index in [-0.39, 0.29) is 17.4 Å². The summed E-state index contributed by atoms with van der Waals surface area (Å²) in [5.74, 6) is -0.888. The van der Waals surface area contributed by atoms with E-state index in [1.807, 2.05) is 20.8 Å². The van der Waals surface area contributed by atoms with Gasteiger partial charge < -0.3 is 19.5 Å². The van der Waals surface area contributed by atoms with E-state index in [2.05, 4.69) is 4.98 Å². The summed E-state index contributed by atoms with van der Waals surface area (Å²) in [6, 6.07) is 9.61. The van der Waals surface area contributed by atoms with E-state index in [9.17, 15) is 14.7 Å². The van der Waals surface area contributed by atoms with Crippen LogP contribution in [-0.4, -0.2) is 52.5 Å². The van der Waals surface area contributed by atoms with Gasteiger partial charge in [-0.15, -0.1) is 0 Å². The number of aliphatic hydroxyl groups excluding tert-OH is 1. The van der Waals surface area contributed by atoms with E-state index in [0.717, 1.165) is 0 Å². The summed E-state index contributed by atoms with van der Waals surface area (Å²) < 4.78 is 11.0. The third kappa shape index (κ3) is 5.11. The van der Waals surface area contributed by atoms with Crippen LogP contribution in [-0.2, 0) is 14.3 Å². The quantitative estimate of drug-likeness (QED) is 0.286. The second kappa shape index (κ2) is 10.2. The summed E-state index contributed by atoms with van der Waals surface area (Å²) in [4.78, 5) is 31.4. The van der Waals surface area contributed by atoms with Crippen molar-refractivity contribution in [2.24, 2.45) is 0 Å². The number of amides is 1. The van der Waals surface area contributed by atoms with Crippen LogP contribution >= 0.6 is 0 Å². The molecule has 7 heteroatoms. The number of carbonyl (C=O) groups is 2. The van der Waals surface area contributed by atoms with Gasteiger partial charge in [-0.3, -0.25) is 14.6 Å². The molecule has 1 amide bonds. The number of likely N-dealkylation sites (tertiary alicyclic amines) is 1. The van der Waals surface area contributed by atoms with Crippen LogP contribution in [0, 0.1) is 0 Å². The number of Topliss-reactive ketones (excluding diaryl/α,β-unsaturated/α-hetero) is 1. The highest BCUT2D eigenvalue weighted by Crippen LogP contribution is 2.39. The molecular weight excluding hydrogens is 396 g/mol. The number of benzene rings is 1. The summed E-state index contributed by atoms with van der Waals surface area (Å²) in [5.41, 5.74) is 1.17. The lowest BCUT2D eigenvalue weighted by Crippen LogP contribution is -2.31. The molecule has 1 N–H and O–H groups in total. The number of hydrogen-bond donors (Lipinski definition) is 1. The average molecular weight is 424 g/mol. The van der Waals surface area contributed by atoms with Crippen LogP contribution in [0.15, 0.2) is 54.4 Å². The van der Waals surface area contributed by atoms with Gasteiger partial charge in [0.25, 0.3) is 11.7 Å². The van der Waals surface area contributed by atoms with E-state index in [1.54, 1.807) is 48.8 Å². The van der Waals surface area contributed by atoms with Crippen LogP contribution in [0.5, 0.6) is 5.75 Å². The van der Waals surface area contributed by atoms with Crippen LogP contribution in [0.4, 0.5) is 0 Å². The molecule has 0 spiro atoms. The third-order valence-corrected chi connectivity index (χ3v) is 4.97. The predicted molar refractivity (Wildman–Crippen MR) is 117 cm³/mol. The van der Waals surface area contributed by atoms with Crippen molar-refractivity contribution in [3.8, 4) is 5.75 Å². The van der Waals surface area contributed by atoms with Gasteiger partial charge in [-0.1, -0.05) is 6.07 Å². The molecule has 2 heterocycles. The standard InChI is InChI=1S/C24H28N2O5/c1-4-30-19-10-8-17(9-11-19)22(27)20-21(18-7-5-12-25-15-18)26(24(29)23(20)28)13-6-14-31-16(2)3/h5,7-12,15-16,21,27H,4,6,13-14H2,1-3H3/b22-20-. The van der Waals surface area contributed by atoms with Crippen molar-refractivity contribution in [1.82, 2.24) is 9.88 Å². The Labute approximate surface area is 182 Å². The van der Waals surface area contributed by atoms with Crippen LogP contribution in [0.2, 0.25) is 0 Å². The number of carbonyl (C=O) groups excluding carboxylic acids is 2. The van der Waals surface area contributed by atoms with Gasteiger partial charge in [-0.2, -0.15) is 0 Å². The van der Waals surface area contributed by atoms with E-state index in [0.29, 0.717) is 43.1 Å². The fourth-order valence-electron chi connectivity index (χ4n) is 3.58. The van der Waals surface area contributed by atoms with Gasteiger partial charge in [0.2, 0.25) is 0 Å². The molecule has 1 aliphatic rings. The summed E-state index contributed by atoms with van der Waals surface area (Å²) >= 11 is 0. The molecule has 31 heavy (non-hydrogen) atoms. The third-order valence-electron chi connectivity index (χ3n) is 4.97. The zero-order chi connectivity index (χ0) is 22.4. The molecule has 1 aliphatic heterocycles. The first-order chi connectivity index (χ1) is 14.9. The lowest BCUT2D eigenvalue weighted by molar-refractivity contribution is -0.140. The molecule has 1 aromatic carbocycles. The topological polar surface area (TPSA) is 89.0 Å². The highest BCUT2D eigenvalue weighted by atomic mass is 16.5. The average Bonchev–Trinajstić information content (AvgIpc) is 3.02. The predicted octanol–water partition coefficient (Wildman–Crippen LogP) is 3.72. The molecule has 3 rings (SSSR count). The zero-order valence-corrected chi connectivity index (χ0v) is 18.1. The Balaban J connectivity index is 1.97. The first-order valence-corrected chi connectivity index (χ1v) is 10.5. The Morgan fingerprint density at radius 3 is 2.55 bits per heavy atom. The van der Waals surface area contributed by atoms with Gasteiger partial charge in [0.1, 0.15) is 11.5 Å². The van der Waals surface area contributed by atoms with E-state index >= 15 is 0 Å². The van der Waals surface area contributed by atoms with Gasteiger partial charge >= 0.3 is 0 Å². The fraction of sp³-hybridized carbons (Fsp3) is 0.375. The van der Waals surface area contributed by atoms with Crippen LogP contribution < -0.4 is 4.74 Å². The van der Waals surface area contributed by atoms with Crippen molar-refractivity contribution < 1.29 is 24.2 Å². The number of nitrogens with zero attached hydrogens (tertiary/aromatic N) is 2. The molecule has 1 atom stereocenters. The maximum absolute atomic E-state index is 12.9. The summed E-state index contributed by atoms with van der Waals surface area (Å²) in [6.45, 7) is 7.10. The van der Waals surface area contributed by atoms with E-state index in [1.165, 1.54) is 4.90 Å². The van der Waals surface area contributed by atoms with Crippen LogP contribution in [0.3, 0.4) is 0 Å². The molecule has 1 unspecified atom stereocenters. The minimum atomic E-state index is -0.709. The van der Waals surface area contributed by atoms with Crippen LogP contribution in [0.1, 0.15) is 44.4 Å². The van der Waals surface area contributed by atoms with Crippen molar-refractivity contribution in [3.05, 3.63) is 65.5 Å². The number of ether oxygens (including phenoxy) is 2. The first-order valence-electron chi connectivity index (χ1n) is 10.5. The number of pyridine rings is 1. The minimum Gasteiger partial charge on any atom is -0.507 e. The number of ketones is 1. The molecule has 7 nitrogen and oxygen atoms in total. The molecule has 0 aliphatic carbocycles. The van der Waals surface area contributed by atoms with Crippen molar-refractivity contribution in [3.63, 3.8) is 0 Å². The summed E-state index contributed by atoms with van der Waals surface area (Å²) in [5, 5.41) is 11.0. The van der Waals surface area contributed by atoms with E-state index < -0.39 is 17.7 Å². The number of rotatable bonds is 9. The highest BCUT2D eigenvalue weighted by Gasteiger charge is 2.45. The largest absolute Gasteiger partial charge is 0.507 e. The second-order valence-corrected chi connectivity index (χ2v) is 7.51. The van der Waals surface area contributed by atoms with Crippen LogP contribution in [0.25, 0.3) is 5.76 Å². The molecule has 164 valence electrons. The van der Waals surface area contributed by atoms with Crippen molar-refractivity contribution in [1.29, 1.82) is 0 Å². The van der Waals surface area contributed by atoms with Crippen molar-refractivity contribution >= 4 is 17.4 Å². The molecule has 0 bridgehead atoms. The number of hydrogen-bond acceptors (Lipinski definition) is 6. The second-order valence-electron chi connectivity index (χ2n) is 7.51. The molecule has 2 aromatic rings. The Bertz CT molecular complexity index is 938. The Hall–Kier alpha value is -3.19. The molecule has 0 saturated carbocycles. The molecule has 1 aromatic heterocycles. The smallest absolute Gasteiger partial charge is 0.295 e. The molecule has 1 fully saturated rings. The maximum Gasteiger partial charge on any atom is 0.295 e. The van der Waals surface area contributed by atoms with Crippen molar-refractivity contribution in [2.75, 3.05) is 19.8 Å². The monoisotopic (exact) mass is 424 g/mol. The van der Waals surface area contributed by atoms with Gasteiger partial charge in [-0.05, 0) is 63.1 Å². The lowest BCUT2D eigenvalue weighted by atomic mass is 9.96. The molecule has 0 radical (unpaired) electrons. The van der Waals surface area contributed by atoms with E-state index in [4.69, 9.17) is 9.47 Å². The Morgan fingerprint density at radius 2 is 1.94 bits per heavy atom. The van der Waals surface area contributed by atoms with Gasteiger partial charge in [0, 0.05) is 31.1 Å². The first kappa shape index (κ1) is 22.5. The minimum absolute atomic E-state index is 0.0620. The summed E-state index contributed by atoms with van der Waals surface area (Å²) in [6.07, 6.45) is 3.90. The lowest BCUT2D eigenvalue weighted by Gasteiger charge is -2.25. The van der Waals surface area contributed by atoms with Gasteiger partial charge in [0.05, 0.1) is 24.3 Å². The highest BCUT2D eigenvalue weighted by molar-refractivity contribution is 6.46. The molecular formula is C24H28N2O5. The van der Waals surface area contributed by atoms with Crippen molar-refractivity contribution in [2.45, 2.75) is 39.3 Å². The molecule has 1 saturated heterocycles.